The minimum Gasteiger partial charge on any atom is -0.328 e. The maximum Gasteiger partial charge on any atom is 0.0785 e. The Bertz CT molecular complexity index is 557. The van der Waals surface area contributed by atoms with E-state index in [1.807, 2.05) is 35.1 Å². The first-order valence-electron chi connectivity index (χ1n) is 6.86. The normalized spacial score (nSPS) is 17.5. The Morgan fingerprint density at radius 3 is 2.60 bits per heavy atom. The van der Waals surface area contributed by atoms with Crippen LogP contribution in [0.3, 0.4) is 0 Å². The maximum absolute atomic E-state index is 5.94. The van der Waals surface area contributed by atoms with Crippen molar-refractivity contribution < 1.29 is 0 Å². The minimum atomic E-state index is 0.362. The SMILES string of the molecule is NC1CCN(Cc2cnnn2-c2ccc(Br)cc2)CC1. The monoisotopic (exact) mass is 335 g/mol. The Kier molecular flexibility index (Phi) is 4.14. The molecule has 106 valence electrons. The molecule has 1 aliphatic heterocycles. The van der Waals surface area contributed by atoms with E-state index >= 15 is 0 Å². The van der Waals surface area contributed by atoms with Crippen LogP contribution in [0.2, 0.25) is 0 Å². The number of hydrogen-bond acceptors (Lipinski definition) is 4. The summed E-state index contributed by atoms with van der Waals surface area (Å²) in [6.07, 6.45) is 3.98. The molecule has 0 atom stereocenters. The van der Waals surface area contributed by atoms with Crippen LogP contribution in [-0.4, -0.2) is 39.0 Å². The van der Waals surface area contributed by atoms with Crippen molar-refractivity contribution in [3.8, 4) is 5.69 Å². The summed E-state index contributed by atoms with van der Waals surface area (Å²) in [4.78, 5) is 2.41. The van der Waals surface area contributed by atoms with Crippen LogP contribution in [0.1, 0.15) is 18.5 Å². The summed E-state index contributed by atoms with van der Waals surface area (Å²) in [5, 5.41) is 8.25. The largest absolute Gasteiger partial charge is 0.328 e. The molecule has 6 heteroatoms. The van der Waals surface area contributed by atoms with E-state index in [1.54, 1.807) is 0 Å². The summed E-state index contributed by atoms with van der Waals surface area (Å²) < 4.78 is 2.97. The van der Waals surface area contributed by atoms with E-state index in [-0.39, 0.29) is 0 Å². The van der Waals surface area contributed by atoms with Crippen LogP contribution in [0.4, 0.5) is 0 Å². The zero-order valence-electron chi connectivity index (χ0n) is 11.2. The van der Waals surface area contributed by atoms with Gasteiger partial charge in [-0.05, 0) is 37.1 Å². The Hall–Kier alpha value is -1.24. The van der Waals surface area contributed by atoms with E-state index in [4.69, 9.17) is 5.73 Å². The van der Waals surface area contributed by atoms with Crippen molar-refractivity contribution in [2.24, 2.45) is 5.73 Å². The van der Waals surface area contributed by atoms with E-state index < -0.39 is 0 Å². The Balaban J connectivity index is 1.75. The van der Waals surface area contributed by atoms with Crippen molar-refractivity contribution in [2.75, 3.05) is 13.1 Å². The second-order valence-corrected chi connectivity index (χ2v) is 6.14. The number of likely N-dealkylation sites (tertiary alicyclic amines) is 1. The fourth-order valence-corrected chi connectivity index (χ4v) is 2.77. The molecule has 0 bridgehead atoms. The lowest BCUT2D eigenvalue weighted by Crippen LogP contribution is -2.39. The topological polar surface area (TPSA) is 60.0 Å². The van der Waals surface area contributed by atoms with Gasteiger partial charge in [0.1, 0.15) is 0 Å². The van der Waals surface area contributed by atoms with Gasteiger partial charge in [0.05, 0.1) is 17.6 Å². The van der Waals surface area contributed by atoms with E-state index in [9.17, 15) is 0 Å². The maximum atomic E-state index is 5.94. The number of halogens is 1. The molecule has 0 spiro atoms. The molecule has 2 heterocycles. The molecule has 0 amide bonds. The van der Waals surface area contributed by atoms with Gasteiger partial charge in [-0.2, -0.15) is 0 Å². The summed E-state index contributed by atoms with van der Waals surface area (Å²) in [6.45, 7) is 2.97. The number of hydrogen-bond donors (Lipinski definition) is 1. The van der Waals surface area contributed by atoms with Crippen molar-refractivity contribution in [3.05, 3.63) is 40.6 Å². The average Bonchev–Trinajstić information content (AvgIpc) is 2.90. The summed E-state index contributed by atoms with van der Waals surface area (Å²) in [5.41, 5.74) is 8.09. The highest BCUT2D eigenvalue weighted by Gasteiger charge is 2.18. The van der Waals surface area contributed by atoms with Gasteiger partial charge in [0.25, 0.3) is 0 Å². The highest BCUT2D eigenvalue weighted by molar-refractivity contribution is 9.10. The zero-order chi connectivity index (χ0) is 13.9. The fraction of sp³-hybridized carbons (Fsp3) is 0.429. The van der Waals surface area contributed by atoms with Crippen LogP contribution in [0.15, 0.2) is 34.9 Å². The van der Waals surface area contributed by atoms with Crippen molar-refractivity contribution in [1.29, 1.82) is 0 Å². The average molecular weight is 336 g/mol. The standard InChI is InChI=1S/C14H18BrN5/c15-11-1-3-13(4-2-11)20-14(9-17-18-20)10-19-7-5-12(16)6-8-19/h1-4,9,12H,5-8,10,16H2. The number of nitrogens with two attached hydrogens (primary N) is 1. The Morgan fingerprint density at radius 2 is 1.90 bits per heavy atom. The number of aromatic nitrogens is 3. The molecular weight excluding hydrogens is 318 g/mol. The molecule has 2 N–H and O–H groups in total. The molecule has 0 saturated carbocycles. The van der Waals surface area contributed by atoms with Gasteiger partial charge in [-0.15, -0.1) is 5.10 Å². The van der Waals surface area contributed by atoms with Crippen molar-refractivity contribution in [3.63, 3.8) is 0 Å². The Morgan fingerprint density at radius 1 is 1.20 bits per heavy atom. The molecule has 5 nitrogen and oxygen atoms in total. The smallest absolute Gasteiger partial charge is 0.0785 e. The molecule has 0 aliphatic carbocycles. The molecule has 20 heavy (non-hydrogen) atoms. The summed E-state index contributed by atoms with van der Waals surface area (Å²) in [5.74, 6) is 0. The lowest BCUT2D eigenvalue weighted by molar-refractivity contribution is 0.202. The van der Waals surface area contributed by atoms with Crippen LogP contribution in [0.5, 0.6) is 0 Å². The molecule has 0 unspecified atom stereocenters. The van der Waals surface area contributed by atoms with Crippen molar-refractivity contribution in [2.45, 2.75) is 25.4 Å². The van der Waals surface area contributed by atoms with Gasteiger partial charge in [0.2, 0.25) is 0 Å². The number of rotatable bonds is 3. The van der Waals surface area contributed by atoms with E-state index in [0.717, 1.165) is 48.3 Å². The van der Waals surface area contributed by atoms with Crippen LogP contribution in [0.25, 0.3) is 5.69 Å². The van der Waals surface area contributed by atoms with Gasteiger partial charge in [-0.1, -0.05) is 21.1 Å². The van der Waals surface area contributed by atoms with E-state index in [1.165, 1.54) is 0 Å². The predicted molar refractivity (Wildman–Crippen MR) is 81.5 cm³/mol. The first kappa shape index (κ1) is 13.7. The molecule has 1 aromatic heterocycles. The Labute approximate surface area is 126 Å². The first-order chi connectivity index (χ1) is 9.72. The summed E-state index contributed by atoms with van der Waals surface area (Å²) in [7, 11) is 0. The van der Waals surface area contributed by atoms with Crippen molar-refractivity contribution >= 4 is 15.9 Å². The van der Waals surface area contributed by atoms with Crippen molar-refractivity contribution in [1.82, 2.24) is 19.9 Å². The van der Waals surface area contributed by atoms with Crippen LogP contribution < -0.4 is 5.73 Å². The van der Waals surface area contributed by atoms with E-state index in [2.05, 4.69) is 31.1 Å². The van der Waals surface area contributed by atoms with Gasteiger partial charge >= 0.3 is 0 Å². The third-order valence-corrected chi connectivity index (χ3v) is 4.24. The highest BCUT2D eigenvalue weighted by Crippen LogP contribution is 2.17. The van der Waals surface area contributed by atoms with Crippen LogP contribution >= 0.6 is 15.9 Å². The second-order valence-electron chi connectivity index (χ2n) is 5.23. The van der Waals surface area contributed by atoms with Gasteiger partial charge in [0, 0.05) is 30.1 Å². The van der Waals surface area contributed by atoms with Gasteiger partial charge in [-0.3, -0.25) is 4.90 Å². The van der Waals surface area contributed by atoms with Crippen LogP contribution in [-0.2, 0) is 6.54 Å². The predicted octanol–water partition coefficient (Wildman–Crippen LogP) is 1.95. The molecule has 0 radical (unpaired) electrons. The molecule has 3 rings (SSSR count). The zero-order valence-corrected chi connectivity index (χ0v) is 12.8. The lowest BCUT2D eigenvalue weighted by Gasteiger charge is -2.29. The minimum absolute atomic E-state index is 0.362. The summed E-state index contributed by atoms with van der Waals surface area (Å²) >= 11 is 3.45. The highest BCUT2D eigenvalue weighted by atomic mass is 79.9. The third kappa shape index (κ3) is 3.08. The number of nitrogens with zero attached hydrogens (tertiary/aromatic N) is 4. The first-order valence-corrected chi connectivity index (χ1v) is 7.65. The molecule has 1 aromatic carbocycles. The molecule has 2 aromatic rings. The van der Waals surface area contributed by atoms with Crippen LogP contribution in [0, 0.1) is 0 Å². The van der Waals surface area contributed by atoms with E-state index in [0.29, 0.717) is 6.04 Å². The second kappa shape index (κ2) is 6.03. The summed E-state index contributed by atoms with van der Waals surface area (Å²) in [6, 6.07) is 8.46. The molecule has 1 saturated heterocycles. The molecule has 1 fully saturated rings. The number of piperidine rings is 1. The lowest BCUT2D eigenvalue weighted by atomic mass is 10.1. The molecular formula is C14H18BrN5. The third-order valence-electron chi connectivity index (χ3n) is 3.71. The molecule has 1 aliphatic rings. The fourth-order valence-electron chi connectivity index (χ4n) is 2.50. The number of benzene rings is 1. The van der Waals surface area contributed by atoms with Gasteiger partial charge in [0.15, 0.2) is 0 Å². The van der Waals surface area contributed by atoms with Gasteiger partial charge in [-0.25, -0.2) is 4.68 Å². The quantitative estimate of drug-likeness (QED) is 0.931. The van der Waals surface area contributed by atoms with Gasteiger partial charge < -0.3 is 5.73 Å².